The highest BCUT2D eigenvalue weighted by Gasteiger charge is 2.27. The van der Waals surface area contributed by atoms with E-state index in [1.54, 1.807) is 13.4 Å². The molecule has 0 spiro atoms. The lowest BCUT2D eigenvalue weighted by Gasteiger charge is -2.31. The van der Waals surface area contributed by atoms with E-state index in [1.165, 1.54) is 0 Å². The van der Waals surface area contributed by atoms with Crippen LogP contribution in [0, 0.1) is 5.41 Å². The van der Waals surface area contributed by atoms with Crippen LogP contribution in [0.15, 0.2) is 6.33 Å². The second-order valence-corrected chi connectivity index (χ2v) is 4.85. The van der Waals surface area contributed by atoms with Crippen LogP contribution in [0.2, 0.25) is 0 Å². The summed E-state index contributed by atoms with van der Waals surface area (Å²) in [4.78, 5) is 4.34. The SMILES string of the molecule is CCC(CC)(CNCCOC)Cc1ncnn1C. The molecule has 0 saturated carbocycles. The first-order valence-electron chi connectivity index (χ1n) is 6.70. The Labute approximate surface area is 110 Å². The summed E-state index contributed by atoms with van der Waals surface area (Å²) in [6, 6.07) is 0. The van der Waals surface area contributed by atoms with Crippen LogP contribution < -0.4 is 5.32 Å². The molecule has 18 heavy (non-hydrogen) atoms. The van der Waals surface area contributed by atoms with Gasteiger partial charge in [-0.3, -0.25) is 4.68 Å². The standard InChI is InChI=1S/C13H26N4O/c1-5-13(6-2,10-14-7-8-18-4)9-12-15-11-16-17(12)3/h11,14H,5-10H2,1-4H3. The summed E-state index contributed by atoms with van der Waals surface area (Å²) in [6.45, 7) is 7.15. The predicted molar refractivity (Wildman–Crippen MR) is 72.5 cm³/mol. The van der Waals surface area contributed by atoms with Gasteiger partial charge in [0.1, 0.15) is 12.2 Å². The lowest BCUT2D eigenvalue weighted by atomic mass is 9.79. The molecule has 0 atom stereocenters. The molecule has 1 N–H and O–H groups in total. The summed E-state index contributed by atoms with van der Waals surface area (Å²) in [7, 11) is 3.69. The number of methoxy groups -OCH3 is 1. The number of rotatable bonds is 9. The average Bonchev–Trinajstić information content (AvgIpc) is 2.79. The molecule has 1 heterocycles. The molecule has 0 aliphatic carbocycles. The van der Waals surface area contributed by atoms with Crippen LogP contribution in [0.5, 0.6) is 0 Å². The number of hydrogen-bond donors (Lipinski definition) is 1. The molecule has 0 saturated heterocycles. The third-order valence-electron chi connectivity index (χ3n) is 3.82. The van der Waals surface area contributed by atoms with E-state index >= 15 is 0 Å². The van der Waals surface area contributed by atoms with Gasteiger partial charge in [-0.15, -0.1) is 0 Å². The number of ether oxygens (including phenoxy) is 1. The van der Waals surface area contributed by atoms with Crippen LogP contribution in [0.4, 0.5) is 0 Å². The van der Waals surface area contributed by atoms with Gasteiger partial charge >= 0.3 is 0 Å². The maximum Gasteiger partial charge on any atom is 0.138 e. The van der Waals surface area contributed by atoms with E-state index in [0.717, 1.165) is 44.8 Å². The van der Waals surface area contributed by atoms with Crippen molar-refractivity contribution in [2.75, 3.05) is 26.8 Å². The summed E-state index contributed by atoms with van der Waals surface area (Å²) >= 11 is 0. The Bertz CT molecular complexity index is 333. The Morgan fingerprint density at radius 2 is 2.11 bits per heavy atom. The fourth-order valence-electron chi connectivity index (χ4n) is 2.16. The van der Waals surface area contributed by atoms with Gasteiger partial charge in [0.2, 0.25) is 0 Å². The van der Waals surface area contributed by atoms with Crippen LogP contribution in [0.1, 0.15) is 32.5 Å². The van der Waals surface area contributed by atoms with Gasteiger partial charge in [-0.25, -0.2) is 4.98 Å². The van der Waals surface area contributed by atoms with Crippen LogP contribution in [0.3, 0.4) is 0 Å². The van der Waals surface area contributed by atoms with Gasteiger partial charge in [-0.1, -0.05) is 13.8 Å². The maximum atomic E-state index is 5.06. The minimum absolute atomic E-state index is 0.258. The quantitative estimate of drug-likeness (QED) is 0.677. The van der Waals surface area contributed by atoms with Crippen molar-refractivity contribution in [1.82, 2.24) is 20.1 Å². The van der Waals surface area contributed by atoms with Crippen molar-refractivity contribution in [3.05, 3.63) is 12.2 Å². The van der Waals surface area contributed by atoms with E-state index in [4.69, 9.17) is 4.74 Å². The summed E-state index contributed by atoms with van der Waals surface area (Å²) in [6.07, 6.45) is 4.87. The zero-order valence-corrected chi connectivity index (χ0v) is 12.1. The highest BCUT2D eigenvalue weighted by molar-refractivity contribution is 4.93. The largest absolute Gasteiger partial charge is 0.383 e. The van der Waals surface area contributed by atoms with E-state index in [2.05, 4.69) is 29.2 Å². The molecule has 1 rings (SSSR count). The van der Waals surface area contributed by atoms with Crippen LogP contribution >= 0.6 is 0 Å². The second-order valence-electron chi connectivity index (χ2n) is 4.85. The van der Waals surface area contributed by atoms with Crippen molar-refractivity contribution in [3.8, 4) is 0 Å². The molecular formula is C13H26N4O. The monoisotopic (exact) mass is 254 g/mol. The third-order valence-corrected chi connectivity index (χ3v) is 3.82. The lowest BCUT2D eigenvalue weighted by molar-refractivity contribution is 0.184. The van der Waals surface area contributed by atoms with Gasteiger partial charge in [0, 0.05) is 33.7 Å². The van der Waals surface area contributed by atoms with Crippen LogP contribution in [-0.4, -0.2) is 41.6 Å². The Hall–Kier alpha value is -0.940. The summed E-state index contributed by atoms with van der Waals surface area (Å²) in [5.41, 5.74) is 0.258. The molecule has 0 radical (unpaired) electrons. The molecular weight excluding hydrogens is 228 g/mol. The zero-order valence-electron chi connectivity index (χ0n) is 12.1. The van der Waals surface area contributed by atoms with E-state index in [-0.39, 0.29) is 5.41 Å². The van der Waals surface area contributed by atoms with E-state index < -0.39 is 0 Å². The predicted octanol–water partition coefficient (Wildman–Crippen LogP) is 1.40. The molecule has 0 bridgehead atoms. The number of aryl methyl sites for hydroxylation is 1. The summed E-state index contributed by atoms with van der Waals surface area (Å²) in [5, 5.41) is 7.62. The van der Waals surface area contributed by atoms with E-state index in [1.807, 2.05) is 11.7 Å². The van der Waals surface area contributed by atoms with Crippen molar-refractivity contribution in [1.29, 1.82) is 0 Å². The van der Waals surface area contributed by atoms with Crippen molar-refractivity contribution in [2.24, 2.45) is 12.5 Å². The van der Waals surface area contributed by atoms with Crippen molar-refractivity contribution < 1.29 is 4.74 Å². The Kier molecular flexibility index (Phi) is 6.29. The number of aromatic nitrogens is 3. The first-order chi connectivity index (χ1) is 8.67. The van der Waals surface area contributed by atoms with Crippen molar-refractivity contribution >= 4 is 0 Å². The minimum Gasteiger partial charge on any atom is -0.383 e. The van der Waals surface area contributed by atoms with Gasteiger partial charge in [-0.05, 0) is 18.3 Å². The van der Waals surface area contributed by atoms with Gasteiger partial charge in [0.15, 0.2) is 0 Å². The molecule has 104 valence electrons. The van der Waals surface area contributed by atoms with E-state index in [0.29, 0.717) is 0 Å². The van der Waals surface area contributed by atoms with Crippen LogP contribution in [-0.2, 0) is 18.2 Å². The average molecular weight is 254 g/mol. The first-order valence-corrected chi connectivity index (χ1v) is 6.70. The highest BCUT2D eigenvalue weighted by atomic mass is 16.5. The van der Waals surface area contributed by atoms with Gasteiger partial charge in [0.25, 0.3) is 0 Å². The Morgan fingerprint density at radius 1 is 1.39 bits per heavy atom. The molecule has 0 aliphatic heterocycles. The molecule has 5 heteroatoms. The molecule has 0 aliphatic rings. The zero-order chi connectivity index (χ0) is 13.4. The normalized spacial score (nSPS) is 12.0. The molecule has 1 aromatic rings. The van der Waals surface area contributed by atoms with Gasteiger partial charge in [-0.2, -0.15) is 5.10 Å². The van der Waals surface area contributed by atoms with Gasteiger partial charge < -0.3 is 10.1 Å². The topological polar surface area (TPSA) is 52.0 Å². The first kappa shape index (κ1) is 15.1. The van der Waals surface area contributed by atoms with Gasteiger partial charge in [0.05, 0.1) is 6.61 Å². The Morgan fingerprint density at radius 3 is 2.61 bits per heavy atom. The smallest absolute Gasteiger partial charge is 0.138 e. The Balaban J connectivity index is 2.59. The molecule has 0 amide bonds. The third kappa shape index (κ3) is 4.07. The lowest BCUT2D eigenvalue weighted by Crippen LogP contribution is -2.37. The summed E-state index contributed by atoms with van der Waals surface area (Å²) < 4.78 is 6.93. The second kappa shape index (κ2) is 7.48. The molecule has 0 aromatic carbocycles. The number of nitrogens with one attached hydrogen (secondary N) is 1. The van der Waals surface area contributed by atoms with Crippen molar-refractivity contribution in [2.45, 2.75) is 33.1 Å². The molecule has 1 aromatic heterocycles. The minimum atomic E-state index is 0.258. The number of hydrogen-bond acceptors (Lipinski definition) is 4. The van der Waals surface area contributed by atoms with Crippen LogP contribution in [0.25, 0.3) is 0 Å². The number of nitrogens with zero attached hydrogens (tertiary/aromatic N) is 3. The molecule has 5 nitrogen and oxygen atoms in total. The highest BCUT2D eigenvalue weighted by Crippen LogP contribution is 2.29. The summed E-state index contributed by atoms with van der Waals surface area (Å²) in [5.74, 6) is 1.06. The van der Waals surface area contributed by atoms with Crippen molar-refractivity contribution in [3.63, 3.8) is 0 Å². The fraction of sp³-hybridized carbons (Fsp3) is 0.846. The van der Waals surface area contributed by atoms with E-state index in [9.17, 15) is 0 Å². The fourth-order valence-corrected chi connectivity index (χ4v) is 2.16. The molecule has 0 unspecified atom stereocenters. The molecule has 0 fully saturated rings. The maximum absolute atomic E-state index is 5.06.